The van der Waals surface area contributed by atoms with Crippen LogP contribution in [0.4, 0.5) is 0 Å². The number of benzene rings is 1. The van der Waals surface area contributed by atoms with Gasteiger partial charge in [0.1, 0.15) is 5.75 Å². The van der Waals surface area contributed by atoms with Crippen LogP contribution in [0.1, 0.15) is 31.9 Å². The van der Waals surface area contributed by atoms with Gasteiger partial charge in [-0.1, -0.05) is 49.1 Å². The molecule has 0 unspecified atom stereocenters. The molecule has 0 bridgehead atoms. The van der Waals surface area contributed by atoms with Crippen LogP contribution >= 0.6 is 23.2 Å². The lowest BCUT2D eigenvalue weighted by Gasteiger charge is -2.21. The van der Waals surface area contributed by atoms with Gasteiger partial charge < -0.3 is 10.3 Å². The van der Waals surface area contributed by atoms with Crippen LogP contribution in [0.15, 0.2) is 17.3 Å². The molecule has 0 spiro atoms. The average molecular weight is 262 g/mol. The van der Waals surface area contributed by atoms with Gasteiger partial charge in [-0.25, -0.2) is 0 Å². The van der Waals surface area contributed by atoms with Crippen molar-refractivity contribution in [2.24, 2.45) is 5.16 Å². The highest BCUT2D eigenvalue weighted by Crippen LogP contribution is 2.37. The van der Waals surface area contributed by atoms with Gasteiger partial charge in [-0.15, -0.1) is 0 Å². The topological polar surface area (TPSA) is 52.8 Å². The molecule has 0 aliphatic heterocycles. The Balaban J connectivity index is 3.46. The van der Waals surface area contributed by atoms with Gasteiger partial charge in [0.25, 0.3) is 0 Å². The molecule has 0 aliphatic carbocycles. The van der Waals surface area contributed by atoms with Crippen molar-refractivity contribution in [1.82, 2.24) is 0 Å². The predicted molar refractivity (Wildman–Crippen MR) is 66.0 cm³/mol. The SMILES string of the molecule is CC(C)(C)c1cc(C(Cl)=NO)cc(Cl)c1O. The zero-order chi connectivity index (χ0) is 12.5. The smallest absolute Gasteiger partial charge is 0.175 e. The van der Waals surface area contributed by atoms with Crippen molar-refractivity contribution in [2.45, 2.75) is 26.2 Å². The van der Waals surface area contributed by atoms with Gasteiger partial charge in [0.2, 0.25) is 0 Å². The summed E-state index contributed by atoms with van der Waals surface area (Å²) in [7, 11) is 0. The summed E-state index contributed by atoms with van der Waals surface area (Å²) in [5.74, 6) is 0.0281. The maximum Gasteiger partial charge on any atom is 0.175 e. The Hall–Kier alpha value is -0.930. The third-order valence-electron chi connectivity index (χ3n) is 2.20. The fourth-order valence-corrected chi connectivity index (χ4v) is 1.68. The number of hydrogen-bond donors (Lipinski definition) is 2. The van der Waals surface area contributed by atoms with Crippen molar-refractivity contribution in [2.75, 3.05) is 0 Å². The maximum absolute atomic E-state index is 9.83. The van der Waals surface area contributed by atoms with E-state index in [4.69, 9.17) is 28.4 Å². The fourth-order valence-electron chi connectivity index (χ4n) is 1.35. The molecule has 0 fully saturated rings. The Morgan fingerprint density at radius 1 is 1.31 bits per heavy atom. The van der Waals surface area contributed by atoms with Gasteiger partial charge in [-0.2, -0.15) is 0 Å². The van der Waals surface area contributed by atoms with Crippen molar-refractivity contribution < 1.29 is 10.3 Å². The van der Waals surface area contributed by atoms with Gasteiger partial charge in [-0.3, -0.25) is 0 Å². The minimum Gasteiger partial charge on any atom is -0.506 e. The lowest BCUT2D eigenvalue weighted by atomic mass is 9.85. The highest BCUT2D eigenvalue weighted by Gasteiger charge is 2.21. The maximum atomic E-state index is 9.83. The van der Waals surface area contributed by atoms with Crippen molar-refractivity contribution in [3.05, 3.63) is 28.3 Å². The van der Waals surface area contributed by atoms with E-state index in [1.165, 1.54) is 6.07 Å². The molecular formula is C11H13Cl2NO2. The average Bonchev–Trinajstić information content (AvgIpc) is 2.18. The molecule has 16 heavy (non-hydrogen) atoms. The standard InChI is InChI=1S/C11H13Cl2NO2/c1-11(2,3)7-4-6(10(13)14-16)5-8(12)9(7)15/h4-5,15-16H,1-3H3. The van der Waals surface area contributed by atoms with Gasteiger partial charge >= 0.3 is 0 Å². The Kier molecular flexibility index (Phi) is 3.71. The number of phenols is 1. The molecule has 0 saturated carbocycles. The van der Waals surface area contributed by atoms with Gasteiger partial charge in [-0.05, 0) is 17.5 Å². The second-order valence-corrected chi connectivity index (χ2v) is 5.26. The summed E-state index contributed by atoms with van der Waals surface area (Å²) in [5, 5.41) is 21.4. The van der Waals surface area contributed by atoms with Crippen molar-refractivity contribution in [1.29, 1.82) is 0 Å². The van der Waals surface area contributed by atoms with E-state index < -0.39 is 0 Å². The third-order valence-corrected chi connectivity index (χ3v) is 2.78. The quantitative estimate of drug-likeness (QED) is 0.460. The molecule has 0 saturated heterocycles. The van der Waals surface area contributed by atoms with Crippen LogP contribution in [-0.4, -0.2) is 15.5 Å². The van der Waals surface area contributed by atoms with E-state index >= 15 is 0 Å². The van der Waals surface area contributed by atoms with E-state index in [9.17, 15) is 5.11 Å². The van der Waals surface area contributed by atoms with Gasteiger partial charge in [0.05, 0.1) is 5.02 Å². The highest BCUT2D eigenvalue weighted by atomic mass is 35.5. The van der Waals surface area contributed by atoms with Crippen LogP contribution in [-0.2, 0) is 5.41 Å². The number of oxime groups is 1. The molecule has 5 heteroatoms. The van der Waals surface area contributed by atoms with Crippen molar-refractivity contribution >= 4 is 28.4 Å². The first-order valence-electron chi connectivity index (χ1n) is 4.68. The molecule has 0 heterocycles. The Morgan fingerprint density at radius 3 is 2.31 bits per heavy atom. The van der Waals surface area contributed by atoms with Crippen molar-refractivity contribution in [3.63, 3.8) is 0 Å². The van der Waals surface area contributed by atoms with E-state index in [-0.39, 0.29) is 21.4 Å². The molecule has 1 rings (SSSR count). The molecule has 1 aromatic rings. The molecule has 1 aromatic carbocycles. The van der Waals surface area contributed by atoms with E-state index in [1.807, 2.05) is 20.8 Å². The van der Waals surface area contributed by atoms with Crippen LogP contribution < -0.4 is 0 Å². The lowest BCUT2D eigenvalue weighted by Crippen LogP contribution is -2.12. The van der Waals surface area contributed by atoms with E-state index in [0.717, 1.165) is 0 Å². The first-order chi connectivity index (χ1) is 7.27. The summed E-state index contributed by atoms with van der Waals surface area (Å²) >= 11 is 11.6. The number of hydrogen-bond acceptors (Lipinski definition) is 3. The van der Waals surface area contributed by atoms with E-state index in [1.54, 1.807) is 6.07 Å². The number of aromatic hydroxyl groups is 1. The van der Waals surface area contributed by atoms with Crippen LogP contribution in [0, 0.1) is 0 Å². The molecule has 0 aliphatic rings. The monoisotopic (exact) mass is 261 g/mol. The second kappa shape index (κ2) is 4.52. The predicted octanol–water partition coefficient (Wildman–Crippen LogP) is 3.72. The second-order valence-electron chi connectivity index (χ2n) is 4.50. The summed E-state index contributed by atoms with van der Waals surface area (Å²) in [5.41, 5.74) is 0.838. The summed E-state index contributed by atoms with van der Waals surface area (Å²) < 4.78 is 0. The summed E-state index contributed by atoms with van der Waals surface area (Å²) in [6, 6.07) is 3.11. The molecular weight excluding hydrogens is 249 g/mol. The van der Waals surface area contributed by atoms with Gasteiger partial charge in [0.15, 0.2) is 5.17 Å². The number of rotatable bonds is 1. The fraction of sp³-hybridized carbons (Fsp3) is 0.364. The number of halogens is 2. The third kappa shape index (κ3) is 2.60. The molecule has 0 radical (unpaired) electrons. The molecule has 0 aromatic heterocycles. The zero-order valence-corrected chi connectivity index (χ0v) is 10.8. The van der Waals surface area contributed by atoms with E-state index in [0.29, 0.717) is 11.1 Å². The first-order valence-corrected chi connectivity index (χ1v) is 5.44. The Morgan fingerprint density at radius 2 is 1.88 bits per heavy atom. The summed E-state index contributed by atoms with van der Waals surface area (Å²) in [6.07, 6.45) is 0. The minimum atomic E-state index is -0.281. The van der Waals surface area contributed by atoms with Crippen LogP contribution in [0.3, 0.4) is 0 Å². The zero-order valence-electron chi connectivity index (χ0n) is 9.25. The summed E-state index contributed by atoms with van der Waals surface area (Å²) in [6.45, 7) is 5.81. The first kappa shape index (κ1) is 13.1. The number of nitrogens with zero attached hydrogens (tertiary/aromatic N) is 1. The normalized spacial score (nSPS) is 12.9. The molecule has 88 valence electrons. The molecule has 0 amide bonds. The van der Waals surface area contributed by atoms with Crippen LogP contribution in [0.25, 0.3) is 0 Å². The van der Waals surface area contributed by atoms with E-state index in [2.05, 4.69) is 5.16 Å². The minimum absolute atomic E-state index is 0.0281. The molecule has 0 atom stereocenters. The largest absolute Gasteiger partial charge is 0.506 e. The van der Waals surface area contributed by atoms with Gasteiger partial charge in [0, 0.05) is 11.1 Å². The molecule has 2 N–H and O–H groups in total. The Labute approximate surface area is 104 Å². The molecule has 3 nitrogen and oxygen atoms in total. The summed E-state index contributed by atoms with van der Waals surface area (Å²) in [4.78, 5) is 0. The lowest BCUT2D eigenvalue weighted by molar-refractivity contribution is 0.321. The van der Waals surface area contributed by atoms with Crippen LogP contribution in [0.5, 0.6) is 5.75 Å². The van der Waals surface area contributed by atoms with Crippen molar-refractivity contribution in [3.8, 4) is 5.75 Å². The highest BCUT2D eigenvalue weighted by molar-refractivity contribution is 6.69. The number of phenolic OH excluding ortho intramolecular Hbond substituents is 1. The Bertz CT molecular complexity index is 436. The van der Waals surface area contributed by atoms with Crippen LogP contribution in [0.2, 0.25) is 5.02 Å².